The number of alkyl halides is 3. The highest BCUT2D eigenvalue weighted by atomic mass is 79.9. The largest absolute Gasteiger partial charge is 0.417 e. The number of halogens is 4. The highest BCUT2D eigenvalue weighted by Gasteiger charge is 2.33. The van der Waals surface area contributed by atoms with Crippen LogP contribution in [-0.4, -0.2) is 14.8 Å². The van der Waals surface area contributed by atoms with Gasteiger partial charge in [0.15, 0.2) is 0 Å². The zero-order valence-corrected chi connectivity index (χ0v) is 12.2. The zero-order valence-electron chi connectivity index (χ0n) is 10.6. The van der Waals surface area contributed by atoms with Crippen molar-refractivity contribution in [2.45, 2.75) is 26.2 Å². The third-order valence-electron chi connectivity index (χ3n) is 2.72. The topological polar surface area (TPSA) is 42.7 Å². The molecule has 0 unspecified atom stereocenters. The molecule has 0 aliphatic heterocycles. The molecule has 0 aliphatic rings. The summed E-state index contributed by atoms with van der Waals surface area (Å²) in [7, 11) is 0. The van der Waals surface area contributed by atoms with Gasteiger partial charge in [-0.15, -0.1) is 0 Å². The van der Waals surface area contributed by atoms with Gasteiger partial charge in [-0.1, -0.05) is 15.9 Å². The highest BCUT2D eigenvalue weighted by Crippen LogP contribution is 2.36. The summed E-state index contributed by atoms with van der Waals surface area (Å²) >= 11 is 2.90. The summed E-state index contributed by atoms with van der Waals surface area (Å²) < 4.78 is 40.0. The Morgan fingerprint density at radius 1 is 1.35 bits per heavy atom. The summed E-state index contributed by atoms with van der Waals surface area (Å²) in [5, 5.41) is 6.91. The van der Waals surface area contributed by atoms with Gasteiger partial charge in [0.25, 0.3) is 0 Å². The second-order valence-electron chi connectivity index (χ2n) is 4.04. The Balaban J connectivity index is 2.15. The summed E-state index contributed by atoms with van der Waals surface area (Å²) in [6, 6.07) is 4.01. The van der Waals surface area contributed by atoms with Gasteiger partial charge in [-0.2, -0.15) is 18.3 Å². The lowest BCUT2D eigenvalue weighted by Gasteiger charge is -2.12. The van der Waals surface area contributed by atoms with Crippen molar-refractivity contribution >= 4 is 21.6 Å². The highest BCUT2D eigenvalue weighted by molar-refractivity contribution is 9.10. The molecule has 4 nitrogen and oxygen atoms in total. The molecular formula is C12H12BrF3N4. The molecule has 8 heteroatoms. The van der Waals surface area contributed by atoms with E-state index in [1.807, 2.05) is 6.92 Å². The lowest BCUT2D eigenvalue weighted by atomic mass is 10.2. The zero-order chi connectivity index (χ0) is 14.8. The van der Waals surface area contributed by atoms with E-state index in [1.165, 1.54) is 12.4 Å². The lowest BCUT2D eigenvalue weighted by molar-refractivity contribution is -0.138. The fraction of sp³-hybridized carbons (Fsp3) is 0.333. The first-order valence-corrected chi connectivity index (χ1v) is 6.68. The summed E-state index contributed by atoms with van der Waals surface area (Å²) in [5.74, 6) is 0.670. The average molecular weight is 349 g/mol. The molecule has 0 spiro atoms. The lowest BCUT2D eigenvalue weighted by Crippen LogP contribution is -2.10. The van der Waals surface area contributed by atoms with Gasteiger partial charge < -0.3 is 5.32 Å². The van der Waals surface area contributed by atoms with Crippen LogP contribution in [0.25, 0.3) is 0 Å². The summed E-state index contributed by atoms with van der Waals surface area (Å²) in [4.78, 5) is 4.05. The van der Waals surface area contributed by atoms with E-state index >= 15 is 0 Å². The van der Waals surface area contributed by atoms with Crippen LogP contribution in [0.1, 0.15) is 18.3 Å². The number of anilines is 1. The van der Waals surface area contributed by atoms with Crippen molar-refractivity contribution in [3.05, 3.63) is 40.4 Å². The Kier molecular flexibility index (Phi) is 4.32. The van der Waals surface area contributed by atoms with Crippen LogP contribution in [0, 0.1) is 0 Å². The fourth-order valence-corrected chi connectivity index (χ4v) is 2.19. The van der Waals surface area contributed by atoms with Crippen molar-refractivity contribution in [1.82, 2.24) is 14.8 Å². The van der Waals surface area contributed by atoms with Crippen LogP contribution in [0.15, 0.2) is 29.0 Å². The van der Waals surface area contributed by atoms with Crippen molar-refractivity contribution in [2.75, 3.05) is 5.32 Å². The van der Waals surface area contributed by atoms with E-state index in [1.54, 1.807) is 10.7 Å². The summed E-state index contributed by atoms with van der Waals surface area (Å²) in [5.41, 5.74) is -0.328. The van der Waals surface area contributed by atoms with Crippen LogP contribution in [0.2, 0.25) is 0 Å². The minimum atomic E-state index is -4.39. The molecule has 2 rings (SSSR count). The molecule has 0 aliphatic carbocycles. The number of nitrogens with zero attached hydrogens (tertiary/aromatic N) is 3. The van der Waals surface area contributed by atoms with E-state index < -0.39 is 11.7 Å². The minimum Gasteiger partial charge on any atom is -0.378 e. The molecule has 1 aromatic carbocycles. The number of aromatic nitrogens is 3. The van der Waals surface area contributed by atoms with Crippen molar-refractivity contribution in [3.63, 3.8) is 0 Å². The van der Waals surface area contributed by atoms with Gasteiger partial charge >= 0.3 is 6.18 Å². The maximum absolute atomic E-state index is 12.8. The van der Waals surface area contributed by atoms with E-state index in [4.69, 9.17) is 0 Å². The minimum absolute atomic E-state index is 0.0206. The first-order chi connectivity index (χ1) is 9.41. The number of hydrogen-bond acceptors (Lipinski definition) is 3. The SMILES string of the molecule is CCn1ncnc1CNc1ccc(Br)c(C(F)(F)F)c1. The van der Waals surface area contributed by atoms with Crippen LogP contribution in [0.3, 0.4) is 0 Å². The standard InChI is InChI=1S/C12H12BrF3N4/c1-2-20-11(18-7-19-20)6-17-8-3-4-10(13)9(5-8)12(14,15)16/h3-5,7,17H,2,6H2,1H3. The average Bonchev–Trinajstić information content (AvgIpc) is 2.84. The molecule has 108 valence electrons. The Bertz CT molecular complexity index is 595. The van der Waals surface area contributed by atoms with Gasteiger partial charge in [0.1, 0.15) is 12.2 Å². The third-order valence-corrected chi connectivity index (χ3v) is 3.41. The van der Waals surface area contributed by atoms with E-state index in [0.29, 0.717) is 24.6 Å². The third kappa shape index (κ3) is 3.30. The van der Waals surface area contributed by atoms with E-state index in [0.717, 1.165) is 6.07 Å². The number of benzene rings is 1. The monoisotopic (exact) mass is 348 g/mol. The molecule has 1 aromatic heterocycles. The van der Waals surface area contributed by atoms with Crippen LogP contribution < -0.4 is 5.32 Å². The van der Waals surface area contributed by atoms with Gasteiger partial charge in [0, 0.05) is 16.7 Å². The first-order valence-electron chi connectivity index (χ1n) is 5.89. The molecule has 0 atom stereocenters. The second kappa shape index (κ2) is 5.82. The summed E-state index contributed by atoms with van der Waals surface area (Å²) in [6.07, 6.45) is -2.97. The second-order valence-corrected chi connectivity index (χ2v) is 4.89. The molecule has 0 saturated carbocycles. The maximum Gasteiger partial charge on any atom is 0.417 e. The molecule has 0 saturated heterocycles. The first kappa shape index (κ1) is 14.8. The molecule has 20 heavy (non-hydrogen) atoms. The van der Waals surface area contributed by atoms with Crippen molar-refractivity contribution < 1.29 is 13.2 Å². The molecule has 1 heterocycles. The molecule has 0 bridgehead atoms. The van der Waals surface area contributed by atoms with Gasteiger partial charge in [0.05, 0.1) is 12.1 Å². The van der Waals surface area contributed by atoms with Gasteiger partial charge in [-0.3, -0.25) is 0 Å². The quantitative estimate of drug-likeness (QED) is 0.916. The van der Waals surface area contributed by atoms with Crippen molar-refractivity contribution in [3.8, 4) is 0 Å². The van der Waals surface area contributed by atoms with Gasteiger partial charge in [-0.25, -0.2) is 9.67 Å². The predicted molar refractivity (Wildman–Crippen MR) is 72.2 cm³/mol. The molecule has 0 amide bonds. The Hall–Kier alpha value is -1.57. The van der Waals surface area contributed by atoms with Crippen LogP contribution in [0.4, 0.5) is 18.9 Å². The summed E-state index contributed by atoms with van der Waals surface area (Å²) in [6.45, 7) is 2.89. The predicted octanol–water partition coefficient (Wildman–Crippen LogP) is 3.69. The molecule has 0 fully saturated rings. The molecular weight excluding hydrogens is 337 g/mol. The number of aryl methyl sites for hydroxylation is 1. The van der Waals surface area contributed by atoms with E-state index in [2.05, 4.69) is 31.3 Å². The van der Waals surface area contributed by atoms with E-state index in [9.17, 15) is 13.2 Å². The Morgan fingerprint density at radius 3 is 2.75 bits per heavy atom. The molecule has 2 aromatic rings. The number of rotatable bonds is 4. The van der Waals surface area contributed by atoms with Gasteiger partial charge in [-0.05, 0) is 25.1 Å². The normalized spacial score (nSPS) is 11.7. The van der Waals surface area contributed by atoms with Crippen molar-refractivity contribution in [1.29, 1.82) is 0 Å². The fourth-order valence-electron chi connectivity index (χ4n) is 1.72. The van der Waals surface area contributed by atoms with Gasteiger partial charge in [0.2, 0.25) is 0 Å². The Morgan fingerprint density at radius 2 is 2.10 bits per heavy atom. The molecule has 0 radical (unpaired) electrons. The van der Waals surface area contributed by atoms with Crippen LogP contribution in [-0.2, 0) is 19.3 Å². The maximum atomic E-state index is 12.8. The Labute approximate surface area is 122 Å². The van der Waals surface area contributed by atoms with Crippen LogP contribution >= 0.6 is 15.9 Å². The smallest absolute Gasteiger partial charge is 0.378 e. The van der Waals surface area contributed by atoms with Crippen molar-refractivity contribution in [2.24, 2.45) is 0 Å². The van der Waals surface area contributed by atoms with Crippen LogP contribution in [0.5, 0.6) is 0 Å². The van der Waals surface area contributed by atoms with E-state index in [-0.39, 0.29) is 4.47 Å². The number of hydrogen-bond donors (Lipinski definition) is 1. The molecule has 1 N–H and O–H groups in total. The number of nitrogens with one attached hydrogen (secondary N) is 1.